The van der Waals surface area contributed by atoms with Crippen LogP contribution in [0.25, 0.3) is 0 Å². The Morgan fingerprint density at radius 2 is 1.52 bits per heavy atom. The van der Waals surface area contributed by atoms with Crippen molar-refractivity contribution in [3.05, 3.63) is 35.9 Å². The lowest BCUT2D eigenvalue weighted by molar-refractivity contribution is -0.140. The summed E-state index contributed by atoms with van der Waals surface area (Å²) in [6.45, 7) is 6.97. The zero-order valence-corrected chi connectivity index (χ0v) is 16.2. The van der Waals surface area contributed by atoms with E-state index >= 15 is 0 Å². The average molecular weight is 392 g/mol. The molecule has 1 aromatic carbocycles. The van der Waals surface area contributed by atoms with Crippen LogP contribution in [0, 0.1) is 6.92 Å². The average Bonchev–Trinajstić information content (AvgIpc) is 2.41. The monoisotopic (exact) mass is 390 g/mol. The molecule has 5 nitrogen and oxygen atoms in total. The molecule has 0 saturated carbocycles. The molecule has 0 aromatic heterocycles. The standard InChI is InChI=1S/C7H8.C4H8O2.C2H3Cl3.CH2O2.CH4O/c1-7-5-3-2-4-6-7;1-3-6-4(2)5;1-2(3,4)5;2-1-3;1-2/h2-6H,1H3;3H2,1-2H3;1H3;1H,(H,2,3);2H,1H3. The fraction of sp³-hybridized carbons (Fsp3) is 0.467. The number of rotatable bonds is 1. The highest BCUT2D eigenvalue weighted by molar-refractivity contribution is 6.67. The summed E-state index contributed by atoms with van der Waals surface area (Å²) in [6, 6.07) is 10.3. The van der Waals surface area contributed by atoms with E-state index in [2.05, 4.69) is 23.8 Å². The maximum atomic E-state index is 9.82. The third kappa shape index (κ3) is 75.8. The number of hydrogen-bond donors (Lipinski definition) is 2. The Balaban J connectivity index is -0.000000105. The van der Waals surface area contributed by atoms with Gasteiger partial charge in [0.25, 0.3) is 6.47 Å². The van der Waals surface area contributed by atoms with Crippen molar-refractivity contribution in [1.29, 1.82) is 0 Å². The SMILES string of the molecule is CC(Cl)(Cl)Cl.CCOC(C)=O.CO.Cc1ccccc1.O=CO. The molecule has 1 rings (SSSR count). The Hall–Kier alpha value is -1.01. The van der Waals surface area contributed by atoms with Gasteiger partial charge in [-0.25, -0.2) is 0 Å². The van der Waals surface area contributed by atoms with Crippen molar-refractivity contribution < 1.29 is 24.5 Å². The largest absolute Gasteiger partial charge is 0.483 e. The van der Waals surface area contributed by atoms with Crippen molar-refractivity contribution in [1.82, 2.24) is 0 Å². The van der Waals surface area contributed by atoms with Crippen LogP contribution in [-0.4, -0.2) is 40.2 Å². The van der Waals surface area contributed by atoms with Gasteiger partial charge in [-0.15, -0.1) is 0 Å². The molecule has 0 heterocycles. The topological polar surface area (TPSA) is 83.8 Å². The predicted molar refractivity (Wildman–Crippen MR) is 96.3 cm³/mol. The quantitative estimate of drug-likeness (QED) is 0.425. The molecule has 0 aliphatic carbocycles. The number of carboxylic acid groups (broad SMARTS) is 1. The van der Waals surface area contributed by atoms with E-state index < -0.39 is 3.79 Å². The fourth-order valence-electron chi connectivity index (χ4n) is 0.738. The van der Waals surface area contributed by atoms with E-state index in [0.717, 1.165) is 7.11 Å². The van der Waals surface area contributed by atoms with Gasteiger partial charge < -0.3 is 14.9 Å². The minimum Gasteiger partial charge on any atom is -0.483 e. The van der Waals surface area contributed by atoms with Crippen LogP contribution >= 0.6 is 34.8 Å². The van der Waals surface area contributed by atoms with Gasteiger partial charge in [-0.2, -0.15) is 0 Å². The molecule has 0 aliphatic heterocycles. The van der Waals surface area contributed by atoms with Crippen molar-refractivity contribution in [3.8, 4) is 0 Å². The van der Waals surface area contributed by atoms with Crippen molar-refractivity contribution in [2.45, 2.75) is 31.5 Å². The smallest absolute Gasteiger partial charge is 0.302 e. The molecule has 0 saturated heterocycles. The number of esters is 1. The van der Waals surface area contributed by atoms with Crippen LogP contribution in [0.5, 0.6) is 0 Å². The molecule has 0 atom stereocenters. The molecule has 0 bridgehead atoms. The van der Waals surface area contributed by atoms with Crippen LogP contribution in [0.3, 0.4) is 0 Å². The molecule has 23 heavy (non-hydrogen) atoms. The zero-order chi connectivity index (χ0) is 19.3. The Bertz CT molecular complexity index is 348. The Morgan fingerprint density at radius 1 is 1.22 bits per heavy atom. The number of halogens is 3. The third-order valence-corrected chi connectivity index (χ3v) is 1.29. The van der Waals surface area contributed by atoms with E-state index in [0.29, 0.717) is 6.61 Å². The Morgan fingerprint density at radius 3 is 1.61 bits per heavy atom. The van der Waals surface area contributed by atoms with Gasteiger partial charge in [-0.05, 0) is 20.8 Å². The van der Waals surface area contributed by atoms with Gasteiger partial charge in [0.15, 0.2) is 3.79 Å². The number of alkyl halides is 3. The highest BCUT2D eigenvalue weighted by Gasteiger charge is 2.07. The number of aliphatic hydroxyl groups excluding tert-OH is 1. The number of aliphatic hydroxyl groups is 1. The summed E-state index contributed by atoms with van der Waals surface area (Å²) < 4.78 is 3.32. The molecule has 0 unspecified atom stereocenters. The summed E-state index contributed by atoms with van der Waals surface area (Å²) >= 11 is 15.2. The number of carbonyl (C=O) groups is 2. The van der Waals surface area contributed by atoms with Gasteiger partial charge in [-0.1, -0.05) is 70.7 Å². The van der Waals surface area contributed by atoms with Crippen LogP contribution < -0.4 is 0 Å². The first-order valence-electron chi connectivity index (χ1n) is 6.32. The van der Waals surface area contributed by atoms with Crippen molar-refractivity contribution >= 4 is 47.2 Å². The van der Waals surface area contributed by atoms with Gasteiger partial charge in [0.2, 0.25) is 0 Å². The van der Waals surface area contributed by atoms with Gasteiger partial charge in [0, 0.05) is 14.0 Å². The molecular weight excluding hydrogens is 367 g/mol. The predicted octanol–water partition coefficient (Wildman–Crippen LogP) is 4.25. The van der Waals surface area contributed by atoms with E-state index in [9.17, 15) is 4.79 Å². The second kappa shape index (κ2) is 23.3. The third-order valence-electron chi connectivity index (χ3n) is 1.29. The maximum absolute atomic E-state index is 9.82. The van der Waals surface area contributed by atoms with Gasteiger partial charge >= 0.3 is 5.97 Å². The lowest BCUT2D eigenvalue weighted by atomic mass is 10.2. The summed E-state index contributed by atoms with van der Waals surface area (Å²) in [4.78, 5) is 18.2. The second-order valence-electron chi connectivity index (χ2n) is 3.47. The summed E-state index contributed by atoms with van der Waals surface area (Å²) in [5, 5.41) is 13.9. The zero-order valence-electron chi connectivity index (χ0n) is 13.9. The molecule has 136 valence electrons. The molecule has 1 aromatic rings. The highest BCUT2D eigenvalue weighted by atomic mass is 35.6. The van der Waals surface area contributed by atoms with E-state index in [4.69, 9.17) is 49.8 Å². The van der Waals surface area contributed by atoms with E-state index in [1.165, 1.54) is 19.4 Å². The first-order chi connectivity index (χ1) is 10.6. The first kappa shape index (κ1) is 29.9. The summed E-state index contributed by atoms with van der Waals surface area (Å²) in [5.41, 5.74) is 1.32. The first-order valence-corrected chi connectivity index (χ1v) is 7.46. The van der Waals surface area contributed by atoms with Crippen LogP contribution in [-0.2, 0) is 14.3 Å². The van der Waals surface area contributed by atoms with Crippen LogP contribution in [0.15, 0.2) is 30.3 Å². The fourth-order valence-corrected chi connectivity index (χ4v) is 0.738. The molecular formula is C15H25Cl3O5. The number of aryl methyl sites for hydroxylation is 1. The summed E-state index contributed by atoms with van der Waals surface area (Å²) in [5.74, 6) is -0.211. The summed E-state index contributed by atoms with van der Waals surface area (Å²) in [6.07, 6.45) is 0. The maximum Gasteiger partial charge on any atom is 0.302 e. The van der Waals surface area contributed by atoms with E-state index in [-0.39, 0.29) is 12.4 Å². The van der Waals surface area contributed by atoms with Gasteiger partial charge in [-0.3, -0.25) is 9.59 Å². The Kier molecular flexibility index (Phi) is 30.3. The van der Waals surface area contributed by atoms with Crippen molar-refractivity contribution in [3.63, 3.8) is 0 Å². The van der Waals surface area contributed by atoms with Crippen LogP contribution in [0.1, 0.15) is 26.3 Å². The lowest BCUT2D eigenvalue weighted by Crippen LogP contribution is -1.95. The molecule has 0 fully saturated rings. The molecule has 0 spiro atoms. The molecule has 0 aliphatic rings. The molecule has 2 N–H and O–H groups in total. The second-order valence-corrected chi connectivity index (χ2v) is 6.31. The van der Waals surface area contributed by atoms with Crippen molar-refractivity contribution in [2.24, 2.45) is 0 Å². The van der Waals surface area contributed by atoms with Gasteiger partial charge in [0.1, 0.15) is 0 Å². The normalized spacial score (nSPS) is 8.04. The number of carbonyl (C=O) groups excluding carboxylic acids is 1. The minimum absolute atomic E-state index is 0.211. The molecule has 8 heteroatoms. The summed E-state index contributed by atoms with van der Waals surface area (Å²) in [7, 11) is 1.00. The molecule has 0 amide bonds. The number of benzene rings is 1. The highest BCUT2D eigenvalue weighted by Crippen LogP contribution is 2.23. The van der Waals surface area contributed by atoms with Gasteiger partial charge in [0.05, 0.1) is 6.61 Å². The lowest BCUT2D eigenvalue weighted by Gasteiger charge is -1.94. The Labute approximate surface area is 153 Å². The van der Waals surface area contributed by atoms with E-state index in [1.54, 1.807) is 6.92 Å². The van der Waals surface area contributed by atoms with Crippen LogP contribution in [0.2, 0.25) is 0 Å². The number of ether oxygens (including phenoxy) is 1. The van der Waals surface area contributed by atoms with Crippen LogP contribution in [0.4, 0.5) is 0 Å². The minimum atomic E-state index is -1.08. The molecule has 0 radical (unpaired) electrons. The van der Waals surface area contributed by atoms with E-state index in [1.807, 2.05) is 18.2 Å². The van der Waals surface area contributed by atoms with Crippen molar-refractivity contribution in [2.75, 3.05) is 13.7 Å². The number of hydrogen-bond acceptors (Lipinski definition) is 4.